The van der Waals surface area contributed by atoms with Gasteiger partial charge >= 0.3 is 5.97 Å². The van der Waals surface area contributed by atoms with Gasteiger partial charge in [0, 0.05) is 18.3 Å². The molecule has 0 unspecified atom stereocenters. The summed E-state index contributed by atoms with van der Waals surface area (Å²) < 4.78 is 7.86. The molecular formula is C27H29N3O2. The van der Waals surface area contributed by atoms with Gasteiger partial charge in [-0.3, -0.25) is 9.20 Å². The molecule has 0 saturated carbocycles. The van der Waals surface area contributed by atoms with Crippen molar-refractivity contribution < 1.29 is 9.53 Å². The third-order valence-electron chi connectivity index (χ3n) is 5.19. The molecular weight excluding hydrogens is 398 g/mol. The van der Waals surface area contributed by atoms with E-state index in [1.807, 2.05) is 88.5 Å². The molecule has 5 nitrogen and oxygen atoms in total. The number of nitrogens with zero attached hydrogens (tertiary/aromatic N) is 2. The Balaban J connectivity index is 1.76. The average Bonchev–Trinajstić information content (AvgIpc) is 3.12. The highest BCUT2D eigenvalue weighted by molar-refractivity contribution is 5.83. The van der Waals surface area contributed by atoms with Crippen LogP contribution in [0.2, 0.25) is 0 Å². The molecule has 4 rings (SSSR count). The molecule has 2 aromatic carbocycles. The van der Waals surface area contributed by atoms with Crippen molar-refractivity contribution in [3.05, 3.63) is 84.1 Å². The van der Waals surface area contributed by atoms with Gasteiger partial charge in [-0.1, -0.05) is 69.3 Å². The maximum absolute atomic E-state index is 12.6. The van der Waals surface area contributed by atoms with Crippen molar-refractivity contribution in [3.8, 4) is 17.0 Å². The van der Waals surface area contributed by atoms with Crippen molar-refractivity contribution in [3.63, 3.8) is 0 Å². The number of pyridine rings is 1. The summed E-state index contributed by atoms with van der Waals surface area (Å²) in [7, 11) is 0. The zero-order valence-electron chi connectivity index (χ0n) is 19.1. The molecule has 0 aliphatic carbocycles. The van der Waals surface area contributed by atoms with Gasteiger partial charge in [0.2, 0.25) is 0 Å². The predicted octanol–water partition coefficient (Wildman–Crippen LogP) is 6.26. The van der Waals surface area contributed by atoms with Crippen molar-refractivity contribution in [2.24, 2.45) is 5.41 Å². The number of aromatic nitrogens is 2. The molecule has 2 heterocycles. The number of aryl methyl sites for hydroxylation is 1. The highest BCUT2D eigenvalue weighted by Crippen LogP contribution is 2.36. The SMILES string of the molecule is Cc1cccn2c(NCc3ccccc3)c(-c3ccccc3OC(=O)CC(C)(C)C)nc12. The molecule has 4 aromatic rings. The van der Waals surface area contributed by atoms with E-state index in [2.05, 4.69) is 21.9 Å². The first-order valence-electron chi connectivity index (χ1n) is 10.9. The fourth-order valence-corrected chi connectivity index (χ4v) is 3.69. The third kappa shape index (κ3) is 4.83. The van der Waals surface area contributed by atoms with Crippen LogP contribution in [0.1, 0.15) is 38.3 Å². The molecule has 0 fully saturated rings. The van der Waals surface area contributed by atoms with E-state index in [-0.39, 0.29) is 11.4 Å². The van der Waals surface area contributed by atoms with E-state index >= 15 is 0 Å². The Labute approximate surface area is 189 Å². The molecule has 0 bridgehead atoms. The standard InChI is InChI=1S/C27H29N3O2/c1-19-11-10-16-30-25(19)29-24(26(30)28-18-20-12-6-5-7-13-20)21-14-8-9-15-22(21)32-23(31)17-27(2,3)4/h5-16,28H,17-18H2,1-4H3. The summed E-state index contributed by atoms with van der Waals surface area (Å²) in [6, 6.07) is 21.9. The number of imidazole rings is 1. The normalized spacial score (nSPS) is 11.5. The second-order valence-electron chi connectivity index (χ2n) is 9.24. The zero-order chi connectivity index (χ0) is 22.7. The van der Waals surface area contributed by atoms with Crippen LogP contribution in [-0.4, -0.2) is 15.4 Å². The molecule has 0 saturated heterocycles. The lowest BCUT2D eigenvalue weighted by atomic mass is 9.92. The second-order valence-corrected chi connectivity index (χ2v) is 9.24. The second kappa shape index (κ2) is 8.87. The third-order valence-corrected chi connectivity index (χ3v) is 5.19. The minimum absolute atomic E-state index is 0.144. The van der Waals surface area contributed by atoms with Crippen molar-refractivity contribution in [2.75, 3.05) is 5.32 Å². The van der Waals surface area contributed by atoms with Gasteiger partial charge < -0.3 is 10.1 Å². The Morgan fingerprint density at radius 3 is 2.47 bits per heavy atom. The first-order chi connectivity index (χ1) is 15.3. The first kappa shape index (κ1) is 21.6. The fraction of sp³-hybridized carbons (Fsp3) is 0.259. The summed E-state index contributed by atoms with van der Waals surface area (Å²) >= 11 is 0. The lowest BCUT2D eigenvalue weighted by Gasteiger charge is -2.17. The van der Waals surface area contributed by atoms with Crippen LogP contribution in [0.15, 0.2) is 72.9 Å². The lowest BCUT2D eigenvalue weighted by molar-refractivity contribution is -0.136. The van der Waals surface area contributed by atoms with Gasteiger partial charge in [-0.25, -0.2) is 4.98 Å². The number of rotatable bonds is 6. The minimum Gasteiger partial charge on any atom is -0.426 e. The smallest absolute Gasteiger partial charge is 0.311 e. The van der Waals surface area contributed by atoms with E-state index in [1.165, 1.54) is 5.56 Å². The molecule has 0 radical (unpaired) electrons. The lowest BCUT2D eigenvalue weighted by Crippen LogP contribution is -2.18. The molecule has 0 amide bonds. The van der Waals surface area contributed by atoms with E-state index in [1.54, 1.807) is 0 Å². The van der Waals surface area contributed by atoms with Crippen molar-refractivity contribution in [2.45, 2.75) is 40.7 Å². The number of hydrogen-bond donors (Lipinski definition) is 1. The fourth-order valence-electron chi connectivity index (χ4n) is 3.69. The largest absolute Gasteiger partial charge is 0.426 e. The van der Waals surface area contributed by atoms with Gasteiger partial charge in [-0.15, -0.1) is 0 Å². The minimum atomic E-state index is -0.247. The maximum Gasteiger partial charge on any atom is 0.311 e. The van der Waals surface area contributed by atoms with Crippen LogP contribution in [0.4, 0.5) is 5.82 Å². The number of fused-ring (bicyclic) bond motifs is 1. The van der Waals surface area contributed by atoms with E-state index in [0.717, 1.165) is 28.3 Å². The summed E-state index contributed by atoms with van der Waals surface area (Å²) in [6.07, 6.45) is 2.34. The molecule has 2 aromatic heterocycles. The Morgan fingerprint density at radius 2 is 1.72 bits per heavy atom. The summed E-state index contributed by atoms with van der Waals surface area (Å²) in [5.74, 6) is 1.14. The van der Waals surface area contributed by atoms with Gasteiger partial charge in [-0.05, 0) is 41.7 Å². The first-order valence-corrected chi connectivity index (χ1v) is 10.9. The van der Waals surface area contributed by atoms with Crippen LogP contribution >= 0.6 is 0 Å². The van der Waals surface area contributed by atoms with Crippen molar-refractivity contribution >= 4 is 17.4 Å². The van der Waals surface area contributed by atoms with Gasteiger partial charge in [0.1, 0.15) is 22.9 Å². The van der Waals surface area contributed by atoms with Gasteiger partial charge in [0.25, 0.3) is 0 Å². The number of anilines is 1. The number of para-hydroxylation sites is 1. The molecule has 32 heavy (non-hydrogen) atoms. The predicted molar refractivity (Wildman–Crippen MR) is 129 cm³/mol. The zero-order valence-corrected chi connectivity index (χ0v) is 19.1. The molecule has 0 aliphatic rings. The van der Waals surface area contributed by atoms with E-state index in [9.17, 15) is 4.79 Å². The Kier molecular flexibility index (Phi) is 5.99. The highest BCUT2D eigenvalue weighted by atomic mass is 16.5. The summed E-state index contributed by atoms with van der Waals surface area (Å²) in [5, 5.41) is 3.56. The Morgan fingerprint density at radius 1 is 1.00 bits per heavy atom. The monoisotopic (exact) mass is 427 g/mol. The quantitative estimate of drug-likeness (QED) is 0.291. The van der Waals surface area contributed by atoms with Crippen LogP contribution in [0.3, 0.4) is 0 Å². The van der Waals surface area contributed by atoms with Crippen LogP contribution in [0.5, 0.6) is 5.75 Å². The molecule has 0 atom stereocenters. The van der Waals surface area contributed by atoms with Gasteiger partial charge in [0.15, 0.2) is 0 Å². The van der Waals surface area contributed by atoms with Crippen LogP contribution in [0.25, 0.3) is 16.9 Å². The van der Waals surface area contributed by atoms with Gasteiger partial charge in [0.05, 0.1) is 6.42 Å². The number of carbonyl (C=O) groups is 1. The van der Waals surface area contributed by atoms with Gasteiger partial charge in [-0.2, -0.15) is 0 Å². The van der Waals surface area contributed by atoms with Crippen molar-refractivity contribution in [1.29, 1.82) is 0 Å². The number of benzene rings is 2. The Hall–Kier alpha value is -3.60. The topological polar surface area (TPSA) is 55.6 Å². The van der Waals surface area contributed by atoms with E-state index < -0.39 is 0 Å². The highest BCUT2D eigenvalue weighted by Gasteiger charge is 2.22. The number of carbonyl (C=O) groups excluding carboxylic acids is 1. The van der Waals surface area contributed by atoms with E-state index in [0.29, 0.717) is 18.7 Å². The molecule has 5 heteroatoms. The number of hydrogen-bond acceptors (Lipinski definition) is 4. The molecule has 0 aliphatic heterocycles. The Bertz CT molecular complexity index is 1240. The summed E-state index contributed by atoms with van der Waals surface area (Å²) in [6.45, 7) is 8.77. The van der Waals surface area contributed by atoms with E-state index in [4.69, 9.17) is 9.72 Å². The summed E-state index contributed by atoms with van der Waals surface area (Å²) in [4.78, 5) is 17.5. The maximum atomic E-state index is 12.6. The van der Waals surface area contributed by atoms with Crippen LogP contribution in [-0.2, 0) is 11.3 Å². The van der Waals surface area contributed by atoms with Crippen LogP contribution < -0.4 is 10.1 Å². The molecule has 0 spiro atoms. The average molecular weight is 428 g/mol. The van der Waals surface area contributed by atoms with Crippen LogP contribution in [0, 0.1) is 12.3 Å². The van der Waals surface area contributed by atoms with Crippen molar-refractivity contribution in [1.82, 2.24) is 9.38 Å². The summed E-state index contributed by atoms with van der Waals surface area (Å²) in [5.41, 5.74) is 4.51. The number of esters is 1. The number of nitrogens with one attached hydrogen (secondary N) is 1. The molecule has 164 valence electrons. The number of ether oxygens (including phenoxy) is 1. The molecule has 1 N–H and O–H groups in total.